The maximum atomic E-state index is 13.4. The smallest absolute Gasteiger partial charge is 0.174 e. The van der Waals surface area contributed by atoms with E-state index in [0.29, 0.717) is 53.6 Å². The van der Waals surface area contributed by atoms with E-state index in [1.54, 1.807) is 12.1 Å². The number of aromatic hydroxyl groups is 2. The van der Waals surface area contributed by atoms with Gasteiger partial charge in [0.1, 0.15) is 40.4 Å². The van der Waals surface area contributed by atoms with Gasteiger partial charge in [0.15, 0.2) is 5.78 Å². The predicted octanol–water partition coefficient (Wildman–Crippen LogP) is 7.08. The second-order valence-electron chi connectivity index (χ2n) is 9.50. The van der Waals surface area contributed by atoms with Crippen LogP contribution in [0.15, 0.2) is 48.1 Å². The molecule has 2 aromatic carbocycles. The summed E-state index contributed by atoms with van der Waals surface area (Å²) >= 11 is 0. The van der Waals surface area contributed by atoms with E-state index >= 15 is 0 Å². The first-order valence-corrected chi connectivity index (χ1v) is 12.6. The molecular formula is C30H38O6. The van der Waals surface area contributed by atoms with E-state index in [4.69, 9.17) is 14.2 Å². The van der Waals surface area contributed by atoms with E-state index in [1.165, 1.54) is 17.7 Å². The molecule has 6 nitrogen and oxygen atoms in total. The minimum atomic E-state index is -0.621. The molecule has 0 fully saturated rings. The van der Waals surface area contributed by atoms with E-state index in [-0.39, 0.29) is 29.6 Å². The fourth-order valence-electron chi connectivity index (χ4n) is 4.53. The molecular weight excluding hydrogens is 456 g/mol. The lowest BCUT2D eigenvalue weighted by molar-refractivity contribution is 0.0836. The number of allylic oxidation sites excluding steroid dienone is 3. The third-order valence-corrected chi connectivity index (χ3v) is 6.43. The number of carbonyl (C=O) groups is 1. The molecule has 0 saturated heterocycles. The van der Waals surface area contributed by atoms with E-state index in [2.05, 4.69) is 26.5 Å². The number of Topliss-reactive ketones (excluding diaryl/α,β-unsaturated/α-hetero) is 1. The van der Waals surface area contributed by atoms with Gasteiger partial charge in [0.25, 0.3) is 0 Å². The van der Waals surface area contributed by atoms with Gasteiger partial charge in [-0.05, 0) is 71.9 Å². The van der Waals surface area contributed by atoms with Crippen LogP contribution in [-0.2, 0) is 6.42 Å². The minimum absolute atomic E-state index is 0.0454. The van der Waals surface area contributed by atoms with Crippen LogP contribution in [-0.4, -0.2) is 29.2 Å². The summed E-state index contributed by atoms with van der Waals surface area (Å²) in [5.41, 5.74) is 3.95. The van der Waals surface area contributed by atoms with Gasteiger partial charge in [0, 0.05) is 23.3 Å². The molecule has 2 N–H and O–H groups in total. The first-order valence-electron chi connectivity index (χ1n) is 12.6. The van der Waals surface area contributed by atoms with Gasteiger partial charge in [-0.3, -0.25) is 4.79 Å². The van der Waals surface area contributed by atoms with Crippen molar-refractivity contribution in [2.24, 2.45) is 5.92 Å². The van der Waals surface area contributed by atoms with Crippen molar-refractivity contribution in [1.29, 1.82) is 0 Å². The molecule has 36 heavy (non-hydrogen) atoms. The number of phenols is 2. The molecule has 3 rings (SSSR count). The minimum Gasteiger partial charge on any atom is -0.508 e. The molecule has 0 spiro atoms. The van der Waals surface area contributed by atoms with E-state index in [9.17, 15) is 15.0 Å². The summed E-state index contributed by atoms with van der Waals surface area (Å²) in [5, 5.41) is 20.9. The highest BCUT2D eigenvalue weighted by Gasteiger charge is 2.35. The second-order valence-corrected chi connectivity index (χ2v) is 9.50. The average Bonchev–Trinajstić information content (AvgIpc) is 2.80. The van der Waals surface area contributed by atoms with Gasteiger partial charge >= 0.3 is 0 Å². The highest BCUT2D eigenvalue weighted by atomic mass is 16.5. The van der Waals surface area contributed by atoms with Crippen LogP contribution in [0.5, 0.6) is 28.7 Å². The Labute approximate surface area is 214 Å². The van der Waals surface area contributed by atoms with Crippen molar-refractivity contribution in [2.75, 3.05) is 13.2 Å². The largest absolute Gasteiger partial charge is 0.508 e. The van der Waals surface area contributed by atoms with Crippen molar-refractivity contribution < 1.29 is 29.2 Å². The van der Waals surface area contributed by atoms with Gasteiger partial charge in [-0.1, -0.05) is 23.8 Å². The van der Waals surface area contributed by atoms with Crippen molar-refractivity contribution in [3.8, 4) is 28.7 Å². The van der Waals surface area contributed by atoms with Crippen LogP contribution in [0.4, 0.5) is 0 Å². The summed E-state index contributed by atoms with van der Waals surface area (Å²) < 4.78 is 17.9. The monoisotopic (exact) mass is 494 g/mol. The standard InChI is InChI=1S/C30H38O6/c1-7-34-26-15-21(31)12-14-23(26)27-17-25(33)29-28(35-8-2)16-24(32)22(30(29)36-27)13-11-20(19(5)6)10-9-18(3)4/h9,12,14-16,20,27,31-32H,5,7-8,10-11,13,17H2,1-4,6H3/t20-,27+/m1/s1. The summed E-state index contributed by atoms with van der Waals surface area (Å²) in [6.07, 6.45) is 3.80. The van der Waals surface area contributed by atoms with Crippen molar-refractivity contribution in [1.82, 2.24) is 0 Å². The molecule has 0 saturated carbocycles. The van der Waals surface area contributed by atoms with Crippen LogP contribution in [0, 0.1) is 5.92 Å². The second kappa shape index (κ2) is 12.0. The molecule has 0 bridgehead atoms. The van der Waals surface area contributed by atoms with Crippen LogP contribution < -0.4 is 14.2 Å². The number of carbonyl (C=O) groups excluding carboxylic acids is 1. The normalized spacial score (nSPS) is 15.5. The first kappa shape index (κ1) is 27.2. The number of ether oxygens (including phenoxy) is 3. The molecule has 0 amide bonds. The topological polar surface area (TPSA) is 85.2 Å². The lowest BCUT2D eigenvalue weighted by Gasteiger charge is -2.30. The molecule has 194 valence electrons. The number of fused-ring (bicyclic) bond motifs is 1. The zero-order chi connectivity index (χ0) is 26.4. The Balaban J connectivity index is 2.03. The van der Waals surface area contributed by atoms with Crippen molar-refractivity contribution in [2.45, 2.75) is 66.4 Å². The number of ketones is 1. The molecule has 0 aliphatic carbocycles. The van der Waals surface area contributed by atoms with Crippen LogP contribution in [0.2, 0.25) is 0 Å². The summed E-state index contributed by atoms with van der Waals surface area (Å²) in [7, 11) is 0. The van der Waals surface area contributed by atoms with Gasteiger partial charge in [0.05, 0.1) is 19.6 Å². The fourth-order valence-corrected chi connectivity index (χ4v) is 4.53. The van der Waals surface area contributed by atoms with Gasteiger partial charge in [-0.2, -0.15) is 0 Å². The van der Waals surface area contributed by atoms with Crippen molar-refractivity contribution in [3.05, 3.63) is 64.8 Å². The lowest BCUT2D eigenvalue weighted by atomic mass is 9.87. The Morgan fingerprint density at radius 2 is 1.83 bits per heavy atom. The van der Waals surface area contributed by atoms with Gasteiger partial charge < -0.3 is 24.4 Å². The van der Waals surface area contributed by atoms with Crippen LogP contribution >= 0.6 is 0 Å². The Hall–Kier alpha value is -3.41. The Kier molecular flexibility index (Phi) is 9.08. The van der Waals surface area contributed by atoms with Crippen LogP contribution in [0.3, 0.4) is 0 Å². The van der Waals surface area contributed by atoms with Crippen LogP contribution in [0.25, 0.3) is 0 Å². The van der Waals surface area contributed by atoms with E-state index < -0.39 is 6.10 Å². The van der Waals surface area contributed by atoms with Gasteiger partial charge in [-0.25, -0.2) is 0 Å². The SMILES string of the molecule is C=C(C)[C@H](CC=C(C)C)CCc1c(O)cc(OCC)c2c1O[C@H](c1ccc(O)cc1OCC)CC2=O. The molecule has 1 heterocycles. The van der Waals surface area contributed by atoms with Gasteiger partial charge in [0.2, 0.25) is 0 Å². The number of rotatable bonds is 11. The zero-order valence-electron chi connectivity index (χ0n) is 22.0. The first-order chi connectivity index (χ1) is 17.2. The van der Waals surface area contributed by atoms with Crippen molar-refractivity contribution >= 4 is 5.78 Å². The van der Waals surface area contributed by atoms with Crippen molar-refractivity contribution in [3.63, 3.8) is 0 Å². The highest BCUT2D eigenvalue weighted by Crippen LogP contribution is 2.48. The molecule has 2 atom stereocenters. The number of hydrogen-bond donors (Lipinski definition) is 2. The zero-order valence-corrected chi connectivity index (χ0v) is 22.0. The summed E-state index contributed by atoms with van der Waals surface area (Å²) in [6.45, 7) is 14.8. The van der Waals surface area contributed by atoms with E-state index in [0.717, 1.165) is 18.4 Å². The number of phenolic OH excluding ortho intramolecular Hbond substituents is 2. The Morgan fingerprint density at radius 3 is 2.47 bits per heavy atom. The molecule has 0 aromatic heterocycles. The van der Waals surface area contributed by atoms with Gasteiger partial charge in [-0.15, -0.1) is 0 Å². The molecule has 1 aliphatic rings. The highest BCUT2D eigenvalue weighted by molar-refractivity contribution is 6.03. The average molecular weight is 495 g/mol. The molecule has 6 heteroatoms. The third kappa shape index (κ3) is 6.23. The van der Waals surface area contributed by atoms with Crippen LogP contribution in [0.1, 0.15) is 81.5 Å². The summed E-state index contributed by atoms with van der Waals surface area (Å²) in [4.78, 5) is 13.4. The maximum Gasteiger partial charge on any atom is 0.174 e. The molecule has 2 aromatic rings. The molecule has 1 aliphatic heterocycles. The quantitative estimate of drug-likeness (QED) is 0.325. The summed E-state index contributed by atoms with van der Waals surface area (Å²) in [6, 6.07) is 6.32. The lowest BCUT2D eigenvalue weighted by Crippen LogP contribution is -2.23. The molecule has 0 radical (unpaired) electrons. The molecule has 0 unspecified atom stereocenters. The maximum absolute atomic E-state index is 13.4. The Bertz CT molecular complexity index is 1140. The number of hydrogen-bond acceptors (Lipinski definition) is 6. The number of benzene rings is 2. The Morgan fingerprint density at radius 1 is 1.14 bits per heavy atom. The predicted molar refractivity (Wildman–Crippen MR) is 142 cm³/mol. The van der Waals surface area contributed by atoms with E-state index in [1.807, 2.05) is 20.8 Å². The summed E-state index contributed by atoms with van der Waals surface area (Å²) in [5.74, 6) is 1.38. The fraction of sp³-hybridized carbons (Fsp3) is 0.433. The third-order valence-electron chi connectivity index (χ3n) is 6.43.